The van der Waals surface area contributed by atoms with Crippen molar-refractivity contribution in [2.45, 2.75) is 6.54 Å². The highest BCUT2D eigenvalue weighted by atomic mass is 35.5. The molecule has 0 bridgehead atoms. The van der Waals surface area contributed by atoms with E-state index in [0.29, 0.717) is 22.3 Å². The summed E-state index contributed by atoms with van der Waals surface area (Å²) in [4.78, 5) is 8.70. The molecular weight excluding hydrogens is 371 g/mol. The zero-order valence-electron chi connectivity index (χ0n) is 13.9. The van der Waals surface area contributed by atoms with Crippen molar-refractivity contribution < 1.29 is 4.74 Å². The molecule has 130 valence electrons. The van der Waals surface area contributed by atoms with E-state index in [-0.39, 0.29) is 0 Å². The van der Waals surface area contributed by atoms with Crippen LogP contribution < -0.4 is 4.74 Å². The van der Waals surface area contributed by atoms with Crippen LogP contribution >= 0.6 is 23.2 Å². The maximum Gasteiger partial charge on any atom is 0.137 e. The fourth-order valence-electron chi connectivity index (χ4n) is 2.75. The molecule has 4 rings (SSSR count). The number of rotatable bonds is 4. The Balaban J connectivity index is 1.73. The highest BCUT2D eigenvalue weighted by Crippen LogP contribution is 2.29. The van der Waals surface area contributed by atoms with Gasteiger partial charge in [-0.25, -0.2) is 0 Å². The van der Waals surface area contributed by atoms with E-state index in [0.717, 1.165) is 27.7 Å². The Kier molecular flexibility index (Phi) is 4.49. The van der Waals surface area contributed by atoms with E-state index in [2.05, 4.69) is 15.1 Å². The summed E-state index contributed by atoms with van der Waals surface area (Å²) in [7, 11) is 1.62. The number of hydrogen-bond donors (Lipinski definition) is 0. The summed E-state index contributed by atoms with van der Waals surface area (Å²) < 4.78 is 7.12. The lowest BCUT2D eigenvalue weighted by atomic mass is 10.1. The van der Waals surface area contributed by atoms with E-state index >= 15 is 0 Å². The van der Waals surface area contributed by atoms with Crippen LogP contribution in [0.15, 0.2) is 55.1 Å². The first-order valence-corrected chi connectivity index (χ1v) is 8.64. The molecule has 0 amide bonds. The van der Waals surface area contributed by atoms with E-state index in [4.69, 9.17) is 27.9 Å². The zero-order chi connectivity index (χ0) is 18.1. The van der Waals surface area contributed by atoms with Crippen LogP contribution in [0.4, 0.5) is 0 Å². The Labute approximate surface area is 160 Å². The standard InChI is InChI=1S/C19H14Cl2N4O/c1-26-15-4-12(7-22-9-15)11-25-19-6-14(8-23-18(19)10-24-25)13-2-3-16(20)17(21)5-13/h2-10H,11H2,1H3. The predicted molar refractivity (Wildman–Crippen MR) is 103 cm³/mol. The highest BCUT2D eigenvalue weighted by molar-refractivity contribution is 6.42. The third kappa shape index (κ3) is 3.23. The fourth-order valence-corrected chi connectivity index (χ4v) is 3.05. The molecular formula is C19H14Cl2N4O. The van der Waals surface area contributed by atoms with Gasteiger partial charge in [0, 0.05) is 18.0 Å². The van der Waals surface area contributed by atoms with Crippen molar-refractivity contribution in [3.63, 3.8) is 0 Å². The van der Waals surface area contributed by atoms with Gasteiger partial charge in [-0.15, -0.1) is 0 Å². The third-order valence-electron chi connectivity index (χ3n) is 4.09. The molecule has 0 N–H and O–H groups in total. The zero-order valence-corrected chi connectivity index (χ0v) is 15.4. The monoisotopic (exact) mass is 384 g/mol. The molecule has 3 aromatic heterocycles. The lowest BCUT2D eigenvalue weighted by molar-refractivity contribution is 0.412. The van der Waals surface area contributed by atoms with Gasteiger partial charge < -0.3 is 4.74 Å². The van der Waals surface area contributed by atoms with E-state index in [1.54, 1.807) is 38.0 Å². The predicted octanol–water partition coefficient (Wildman–Crippen LogP) is 4.86. The number of benzene rings is 1. The molecule has 5 nitrogen and oxygen atoms in total. The summed E-state index contributed by atoms with van der Waals surface area (Å²) in [5.41, 5.74) is 4.64. The molecule has 3 heterocycles. The first kappa shape index (κ1) is 16.8. The number of halogens is 2. The molecule has 0 saturated heterocycles. The first-order valence-electron chi connectivity index (χ1n) is 7.89. The van der Waals surface area contributed by atoms with Gasteiger partial charge in [-0.2, -0.15) is 5.10 Å². The average molecular weight is 385 g/mol. The van der Waals surface area contributed by atoms with Crippen LogP contribution in [-0.2, 0) is 6.54 Å². The van der Waals surface area contributed by atoms with E-state index < -0.39 is 0 Å². The molecule has 0 fully saturated rings. The van der Waals surface area contributed by atoms with Crippen LogP contribution in [0.2, 0.25) is 10.0 Å². The van der Waals surface area contributed by atoms with Gasteiger partial charge in [-0.05, 0) is 35.4 Å². The number of ether oxygens (including phenoxy) is 1. The minimum absolute atomic E-state index is 0.514. The largest absolute Gasteiger partial charge is 0.495 e. The smallest absolute Gasteiger partial charge is 0.137 e. The third-order valence-corrected chi connectivity index (χ3v) is 4.82. The van der Waals surface area contributed by atoms with Crippen LogP contribution in [0.5, 0.6) is 5.75 Å². The number of hydrogen-bond acceptors (Lipinski definition) is 4. The Morgan fingerprint density at radius 2 is 1.85 bits per heavy atom. The summed E-state index contributed by atoms with van der Waals surface area (Å²) in [6.45, 7) is 0.570. The van der Waals surface area contributed by atoms with Gasteiger partial charge in [0.25, 0.3) is 0 Å². The number of nitrogens with zero attached hydrogens (tertiary/aromatic N) is 4. The SMILES string of the molecule is COc1cncc(Cn2ncc3ncc(-c4ccc(Cl)c(Cl)c4)cc32)c1. The molecule has 0 aliphatic rings. The van der Waals surface area contributed by atoms with Crippen LogP contribution in [0.25, 0.3) is 22.2 Å². The summed E-state index contributed by atoms with van der Waals surface area (Å²) in [5.74, 6) is 0.716. The second-order valence-corrected chi connectivity index (χ2v) is 6.61. The van der Waals surface area contributed by atoms with Crippen LogP contribution in [0, 0.1) is 0 Å². The lowest BCUT2D eigenvalue weighted by Crippen LogP contribution is -2.02. The fraction of sp³-hybridized carbons (Fsp3) is 0.105. The quantitative estimate of drug-likeness (QED) is 0.504. The molecule has 0 aliphatic carbocycles. The molecule has 0 unspecified atom stereocenters. The minimum atomic E-state index is 0.514. The molecule has 26 heavy (non-hydrogen) atoms. The lowest BCUT2D eigenvalue weighted by Gasteiger charge is -2.07. The van der Waals surface area contributed by atoms with Crippen molar-refractivity contribution in [1.82, 2.24) is 19.7 Å². The maximum atomic E-state index is 6.14. The molecule has 0 aliphatic heterocycles. The topological polar surface area (TPSA) is 52.8 Å². The normalized spacial score (nSPS) is 11.0. The summed E-state index contributed by atoms with van der Waals surface area (Å²) >= 11 is 12.1. The highest BCUT2D eigenvalue weighted by Gasteiger charge is 2.09. The molecule has 4 aromatic rings. The van der Waals surface area contributed by atoms with Crippen LogP contribution in [0.3, 0.4) is 0 Å². The van der Waals surface area contributed by atoms with Crippen LogP contribution in [0.1, 0.15) is 5.56 Å². The number of pyridine rings is 2. The second-order valence-electron chi connectivity index (χ2n) is 5.79. The number of aromatic nitrogens is 4. The van der Waals surface area contributed by atoms with Crippen molar-refractivity contribution in [3.05, 3.63) is 70.7 Å². The Morgan fingerprint density at radius 3 is 2.65 bits per heavy atom. The number of fused-ring (bicyclic) bond motifs is 1. The number of methoxy groups -OCH3 is 1. The van der Waals surface area contributed by atoms with Crippen LogP contribution in [-0.4, -0.2) is 26.9 Å². The van der Waals surface area contributed by atoms with Gasteiger partial charge in [0.05, 0.1) is 41.6 Å². The van der Waals surface area contributed by atoms with Gasteiger partial charge in [-0.1, -0.05) is 29.3 Å². The molecule has 0 atom stereocenters. The average Bonchev–Trinajstić information content (AvgIpc) is 3.06. The van der Waals surface area contributed by atoms with Crippen molar-refractivity contribution in [2.75, 3.05) is 7.11 Å². The Hall–Kier alpha value is -2.63. The van der Waals surface area contributed by atoms with E-state index in [1.807, 2.05) is 28.9 Å². The van der Waals surface area contributed by atoms with Gasteiger partial charge in [0.15, 0.2) is 0 Å². The Bertz CT molecular complexity index is 1090. The summed E-state index contributed by atoms with van der Waals surface area (Å²) in [6.07, 6.45) is 7.03. The van der Waals surface area contributed by atoms with Crippen molar-refractivity contribution in [3.8, 4) is 16.9 Å². The summed E-state index contributed by atoms with van der Waals surface area (Å²) in [6, 6.07) is 9.52. The van der Waals surface area contributed by atoms with Gasteiger partial charge in [-0.3, -0.25) is 14.6 Å². The first-order chi connectivity index (χ1) is 12.6. The molecule has 1 aromatic carbocycles. The van der Waals surface area contributed by atoms with E-state index in [1.165, 1.54) is 0 Å². The Morgan fingerprint density at radius 1 is 0.962 bits per heavy atom. The maximum absolute atomic E-state index is 6.14. The van der Waals surface area contributed by atoms with Gasteiger partial charge >= 0.3 is 0 Å². The molecule has 7 heteroatoms. The van der Waals surface area contributed by atoms with Crippen molar-refractivity contribution in [1.29, 1.82) is 0 Å². The molecule has 0 saturated carbocycles. The van der Waals surface area contributed by atoms with Crippen molar-refractivity contribution >= 4 is 34.2 Å². The molecule has 0 spiro atoms. The second kappa shape index (κ2) is 6.94. The van der Waals surface area contributed by atoms with Crippen molar-refractivity contribution in [2.24, 2.45) is 0 Å². The molecule has 0 radical (unpaired) electrons. The summed E-state index contributed by atoms with van der Waals surface area (Å²) in [5, 5.41) is 5.49. The van der Waals surface area contributed by atoms with Gasteiger partial charge in [0.2, 0.25) is 0 Å². The van der Waals surface area contributed by atoms with E-state index in [9.17, 15) is 0 Å². The van der Waals surface area contributed by atoms with Gasteiger partial charge in [0.1, 0.15) is 11.3 Å². The minimum Gasteiger partial charge on any atom is -0.495 e.